The van der Waals surface area contributed by atoms with Crippen molar-refractivity contribution >= 4 is 11.5 Å². The average Bonchev–Trinajstić information content (AvgIpc) is 2.81. The standard InChI is InChI=1S/C23H28N2O2/c1-27-23(26)22-21(19-15-11-7-4-8-12-16-19)24-17-20(25-22)18-13-9-5-2-3-6-10-14-18/h4,7-8,11-12,15-18H,2-3,5-6,9-10,13-14H2,1H3. The Hall–Kier alpha value is -2.49. The number of carbonyl (C=O) groups is 1. The molecule has 1 heterocycles. The zero-order valence-corrected chi connectivity index (χ0v) is 16.1. The van der Waals surface area contributed by atoms with Gasteiger partial charge in [0.1, 0.15) is 5.69 Å². The summed E-state index contributed by atoms with van der Waals surface area (Å²) in [4.78, 5) is 21.8. The van der Waals surface area contributed by atoms with Crippen molar-refractivity contribution in [3.63, 3.8) is 0 Å². The van der Waals surface area contributed by atoms with Crippen molar-refractivity contribution in [2.45, 2.75) is 57.3 Å². The maximum atomic E-state index is 12.4. The van der Waals surface area contributed by atoms with Crippen LogP contribution in [0.3, 0.4) is 0 Å². The maximum absolute atomic E-state index is 12.4. The maximum Gasteiger partial charge on any atom is 0.358 e. The van der Waals surface area contributed by atoms with Crippen molar-refractivity contribution in [1.82, 2.24) is 9.97 Å². The summed E-state index contributed by atoms with van der Waals surface area (Å²) in [6.07, 6.45) is 25.3. The summed E-state index contributed by atoms with van der Waals surface area (Å²) < 4.78 is 5.01. The third kappa shape index (κ3) is 5.25. The Morgan fingerprint density at radius 3 is 2.37 bits per heavy atom. The minimum Gasteiger partial charge on any atom is -0.464 e. The SMILES string of the molecule is COC(=O)c1nc(C2CCCCCCCC2)cnc1C1=CC=CC=CC=C1. The number of ether oxygens (including phenoxy) is 1. The topological polar surface area (TPSA) is 52.1 Å². The van der Waals surface area contributed by atoms with Crippen molar-refractivity contribution in [1.29, 1.82) is 0 Å². The summed E-state index contributed by atoms with van der Waals surface area (Å²) in [5.41, 5.74) is 2.66. The highest BCUT2D eigenvalue weighted by Gasteiger charge is 2.22. The first-order valence-electron chi connectivity index (χ1n) is 9.97. The molecule has 4 heteroatoms. The molecule has 2 aliphatic rings. The molecule has 142 valence electrons. The summed E-state index contributed by atoms with van der Waals surface area (Å²) in [5.74, 6) is -0.0592. The van der Waals surface area contributed by atoms with Gasteiger partial charge in [0.2, 0.25) is 0 Å². The van der Waals surface area contributed by atoms with E-state index in [9.17, 15) is 4.79 Å². The highest BCUT2D eigenvalue weighted by molar-refractivity contribution is 5.94. The molecule has 1 aromatic rings. The van der Waals surface area contributed by atoms with Gasteiger partial charge in [-0.05, 0) is 12.8 Å². The molecular weight excluding hydrogens is 336 g/mol. The summed E-state index contributed by atoms with van der Waals surface area (Å²) in [6.45, 7) is 0. The summed E-state index contributed by atoms with van der Waals surface area (Å²) in [6, 6.07) is 0. The Balaban J connectivity index is 1.95. The molecule has 27 heavy (non-hydrogen) atoms. The van der Waals surface area contributed by atoms with Crippen LogP contribution >= 0.6 is 0 Å². The van der Waals surface area contributed by atoms with E-state index >= 15 is 0 Å². The second-order valence-corrected chi connectivity index (χ2v) is 7.13. The van der Waals surface area contributed by atoms with Gasteiger partial charge in [-0.1, -0.05) is 81.1 Å². The minimum absolute atomic E-state index is 0.309. The van der Waals surface area contributed by atoms with E-state index in [4.69, 9.17) is 9.72 Å². The quantitative estimate of drug-likeness (QED) is 0.660. The van der Waals surface area contributed by atoms with Gasteiger partial charge in [0.25, 0.3) is 0 Å². The van der Waals surface area contributed by atoms with Crippen LogP contribution in [-0.2, 0) is 4.74 Å². The number of aromatic nitrogens is 2. The third-order valence-electron chi connectivity index (χ3n) is 5.21. The monoisotopic (exact) mass is 364 g/mol. The lowest BCUT2D eigenvalue weighted by atomic mass is 9.93. The lowest BCUT2D eigenvalue weighted by molar-refractivity contribution is 0.0592. The predicted molar refractivity (Wildman–Crippen MR) is 108 cm³/mol. The third-order valence-corrected chi connectivity index (χ3v) is 5.21. The van der Waals surface area contributed by atoms with E-state index in [0.717, 1.165) is 24.1 Å². The zero-order chi connectivity index (χ0) is 18.9. The molecule has 0 amide bonds. The summed E-state index contributed by atoms with van der Waals surface area (Å²) in [5, 5.41) is 0. The van der Waals surface area contributed by atoms with Gasteiger partial charge in [-0.3, -0.25) is 4.98 Å². The van der Waals surface area contributed by atoms with E-state index in [1.807, 2.05) is 48.7 Å². The van der Waals surface area contributed by atoms with Gasteiger partial charge in [-0.15, -0.1) is 0 Å². The van der Waals surface area contributed by atoms with Gasteiger partial charge < -0.3 is 4.74 Å². The number of carbonyl (C=O) groups excluding carboxylic acids is 1. The van der Waals surface area contributed by atoms with E-state index < -0.39 is 5.97 Å². The van der Waals surface area contributed by atoms with Crippen molar-refractivity contribution in [3.05, 3.63) is 65.8 Å². The molecule has 1 saturated carbocycles. The largest absolute Gasteiger partial charge is 0.464 e. The number of hydrogen-bond acceptors (Lipinski definition) is 4. The average molecular weight is 364 g/mol. The first-order chi connectivity index (χ1) is 13.3. The Morgan fingerprint density at radius 1 is 0.963 bits per heavy atom. The highest BCUT2D eigenvalue weighted by Crippen LogP contribution is 2.30. The van der Waals surface area contributed by atoms with Crippen molar-refractivity contribution < 1.29 is 9.53 Å². The summed E-state index contributed by atoms with van der Waals surface area (Å²) in [7, 11) is 1.39. The predicted octanol–water partition coefficient (Wildman–Crippen LogP) is 5.55. The van der Waals surface area contributed by atoms with Crippen LogP contribution in [0.4, 0.5) is 0 Å². The van der Waals surface area contributed by atoms with Gasteiger partial charge in [0.15, 0.2) is 5.69 Å². The lowest BCUT2D eigenvalue weighted by Crippen LogP contribution is -2.14. The van der Waals surface area contributed by atoms with Crippen LogP contribution in [0.2, 0.25) is 0 Å². The molecule has 0 atom stereocenters. The fraction of sp³-hybridized carbons (Fsp3) is 0.435. The van der Waals surface area contributed by atoms with E-state index in [1.165, 1.54) is 45.6 Å². The molecule has 1 fully saturated rings. The first kappa shape index (κ1) is 19.3. The molecule has 1 aromatic heterocycles. The van der Waals surface area contributed by atoms with Crippen molar-refractivity contribution in [2.24, 2.45) is 0 Å². The minimum atomic E-state index is -0.432. The van der Waals surface area contributed by atoms with Gasteiger partial charge in [-0.25, -0.2) is 9.78 Å². The molecule has 3 rings (SSSR count). The number of hydrogen-bond donors (Lipinski definition) is 0. The Labute approximate surface area is 161 Å². The Bertz CT molecular complexity index is 765. The fourth-order valence-electron chi connectivity index (χ4n) is 3.70. The van der Waals surface area contributed by atoms with Gasteiger partial charge in [0, 0.05) is 17.7 Å². The molecular formula is C23H28N2O2. The molecule has 0 unspecified atom stereocenters. The lowest BCUT2D eigenvalue weighted by Gasteiger charge is -2.17. The Kier molecular flexibility index (Phi) is 7.14. The van der Waals surface area contributed by atoms with E-state index in [1.54, 1.807) is 0 Å². The van der Waals surface area contributed by atoms with Crippen molar-refractivity contribution in [2.75, 3.05) is 7.11 Å². The first-order valence-corrected chi connectivity index (χ1v) is 9.97. The van der Waals surface area contributed by atoms with Crippen LogP contribution in [0.5, 0.6) is 0 Å². The normalized spacial score (nSPS) is 18.6. The van der Waals surface area contributed by atoms with Crippen molar-refractivity contribution in [3.8, 4) is 0 Å². The van der Waals surface area contributed by atoms with E-state index in [-0.39, 0.29) is 0 Å². The molecule has 0 aromatic carbocycles. The zero-order valence-electron chi connectivity index (χ0n) is 16.1. The van der Waals surface area contributed by atoms with Crippen LogP contribution in [0.25, 0.3) is 5.57 Å². The molecule has 0 N–H and O–H groups in total. The number of esters is 1. The second kappa shape index (κ2) is 10.0. The van der Waals surface area contributed by atoms with E-state index in [0.29, 0.717) is 17.3 Å². The van der Waals surface area contributed by atoms with E-state index in [2.05, 4.69) is 4.98 Å². The van der Waals surface area contributed by atoms with Crippen LogP contribution < -0.4 is 0 Å². The van der Waals surface area contributed by atoms with Crippen LogP contribution in [-0.4, -0.2) is 23.0 Å². The Morgan fingerprint density at radius 2 is 1.63 bits per heavy atom. The summed E-state index contributed by atoms with van der Waals surface area (Å²) >= 11 is 0. The van der Waals surface area contributed by atoms with Crippen LogP contribution in [0.15, 0.2) is 48.7 Å². The molecule has 0 radical (unpaired) electrons. The molecule has 4 nitrogen and oxygen atoms in total. The van der Waals surface area contributed by atoms with Gasteiger partial charge >= 0.3 is 5.97 Å². The number of nitrogens with zero attached hydrogens (tertiary/aromatic N) is 2. The molecule has 0 aliphatic heterocycles. The van der Waals surface area contributed by atoms with Crippen LogP contribution in [0.1, 0.15) is 79.2 Å². The molecule has 0 saturated heterocycles. The van der Waals surface area contributed by atoms with Gasteiger partial charge in [0.05, 0.1) is 12.8 Å². The number of allylic oxidation sites excluding steroid dienone is 8. The van der Waals surface area contributed by atoms with Crippen LogP contribution in [0, 0.1) is 0 Å². The highest BCUT2D eigenvalue weighted by atomic mass is 16.5. The number of rotatable bonds is 3. The smallest absolute Gasteiger partial charge is 0.358 e. The molecule has 0 spiro atoms. The number of methoxy groups -OCH3 is 1. The fourth-order valence-corrected chi connectivity index (χ4v) is 3.70. The van der Waals surface area contributed by atoms with Gasteiger partial charge in [-0.2, -0.15) is 0 Å². The molecule has 2 aliphatic carbocycles. The second-order valence-electron chi connectivity index (χ2n) is 7.13. The molecule has 0 bridgehead atoms.